The number of aromatic hydroxyl groups is 2. The maximum absolute atomic E-state index is 13.0. The average Bonchev–Trinajstić information content (AvgIpc) is 3.38. The van der Waals surface area contributed by atoms with Gasteiger partial charge in [0.05, 0.1) is 14.2 Å². The van der Waals surface area contributed by atoms with E-state index in [1.807, 2.05) is 0 Å². The molecule has 0 saturated carbocycles. The Balaban J connectivity index is 1.56. The Hall–Kier alpha value is -4.79. The molecule has 2 fully saturated rings. The van der Waals surface area contributed by atoms with Crippen molar-refractivity contribution in [3.63, 3.8) is 0 Å². The minimum absolute atomic E-state index is 0.114. The molecule has 7 N–H and O–H groups in total. The highest BCUT2D eigenvalue weighted by Crippen LogP contribution is 2.38. The minimum atomic E-state index is -2.54. The SMILES string of the molecule is COc1cc(/C=C\C(=O)OC[C@H]2O[C@@](CO)(O[C@H]3O[C@H](COC(C)=O)[C@@H](O)[C@H](O)[C@H]3O)[C@@H](OC(=O)/C=C\c3ccc(O)c(OC)c3)[C@@H]2O)ccc1O. The summed E-state index contributed by atoms with van der Waals surface area (Å²) in [6.07, 6.45) is -9.75. The molecule has 2 aromatic carbocycles. The predicted molar refractivity (Wildman–Crippen MR) is 173 cm³/mol. The van der Waals surface area contributed by atoms with Crippen LogP contribution in [0.3, 0.4) is 0 Å². The number of aliphatic hydroxyl groups is 5. The Morgan fingerprint density at radius 1 is 0.769 bits per heavy atom. The Morgan fingerprint density at radius 2 is 1.33 bits per heavy atom. The summed E-state index contributed by atoms with van der Waals surface area (Å²) in [6.45, 7) is -1.35. The van der Waals surface area contributed by atoms with Crippen molar-refractivity contribution in [2.24, 2.45) is 0 Å². The van der Waals surface area contributed by atoms with E-state index >= 15 is 0 Å². The van der Waals surface area contributed by atoms with Crippen molar-refractivity contribution >= 4 is 30.1 Å². The monoisotopic (exact) mass is 736 g/mol. The number of methoxy groups -OCH3 is 2. The van der Waals surface area contributed by atoms with Gasteiger partial charge in [0.1, 0.15) is 56.4 Å². The third-order valence-electron chi connectivity index (χ3n) is 8.00. The zero-order chi connectivity index (χ0) is 38.2. The van der Waals surface area contributed by atoms with Gasteiger partial charge in [-0.15, -0.1) is 0 Å². The van der Waals surface area contributed by atoms with Crippen molar-refractivity contribution < 1.29 is 88.0 Å². The van der Waals surface area contributed by atoms with Crippen molar-refractivity contribution in [3.05, 3.63) is 59.7 Å². The summed E-state index contributed by atoms with van der Waals surface area (Å²) in [4.78, 5) is 37.0. The number of phenolic OH excluding ortho intramolecular Hbond substituents is 2. The number of aliphatic hydroxyl groups excluding tert-OH is 5. The van der Waals surface area contributed by atoms with Crippen molar-refractivity contribution in [2.45, 2.75) is 61.7 Å². The molecule has 0 bridgehead atoms. The quantitative estimate of drug-likeness (QED) is 0.0706. The number of hydrogen-bond donors (Lipinski definition) is 7. The number of hydrogen-bond acceptors (Lipinski definition) is 18. The van der Waals surface area contributed by atoms with Crippen LogP contribution in [0, 0.1) is 0 Å². The topological polar surface area (TPSA) is 267 Å². The number of carbonyl (C=O) groups excluding carboxylic acids is 3. The normalized spacial score (nSPS) is 28.8. The van der Waals surface area contributed by atoms with Gasteiger partial charge in [-0.3, -0.25) is 4.79 Å². The molecule has 2 aliphatic heterocycles. The van der Waals surface area contributed by atoms with E-state index in [-0.39, 0.29) is 23.0 Å². The number of ether oxygens (including phenoxy) is 8. The van der Waals surface area contributed by atoms with Crippen molar-refractivity contribution in [2.75, 3.05) is 34.0 Å². The number of rotatable bonds is 14. The van der Waals surface area contributed by atoms with Gasteiger partial charge in [-0.05, 0) is 47.5 Å². The average molecular weight is 737 g/mol. The molecule has 0 unspecified atom stereocenters. The highest BCUT2D eigenvalue weighted by Gasteiger charge is 2.61. The summed E-state index contributed by atoms with van der Waals surface area (Å²) >= 11 is 0. The molecule has 18 nitrogen and oxygen atoms in total. The zero-order valence-corrected chi connectivity index (χ0v) is 28.1. The number of phenols is 2. The maximum Gasteiger partial charge on any atom is 0.331 e. The highest BCUT2D eigenvalue weighted by molar-refractivity contribution is 5.88. The molecule has 0 amide bonds. The number of carbonyl (C=O) groups is 3. The van der Waals surface area contributed by atoms with E-state index in [1.54, 1.807) is 0 Å². The van der Waals surface area contributed by atoms with Gasteiger partial charge < -0.3 is 73.6 Å². The molecular weight excluding hydrogens is 696 g/mol. The molecule has 2 heterocycles. The largest absolute Gasteiger partial charge is 0.504 e. The predicted octanol–water partition coefficient (Wildman–Crippen LogP) is -0.868. The summed E-state index contributed by atoms with van der Waals surface area (Å²) in [5.74, 6) is -5.30. The Morgan fingerprint density at radius 3 is 1.87 bits per heavy atom. The number of esters is 3. The molecule has 0 radical (unpaired) electrons. The van der Waals surface area contributed by atoms with E-state index in [0.29, 0.717) is 11.1 Å². The maximum atomic E-state index is 13.0. The lowest BCUT2D eigenvalue weighted by Gasteiger charge is -2.43. The first kappa shape index (κ1) is 40.0. The first-order valence-electron chi connectivity index (χ1n) is 15.7. The molecule has 18 heteroatoms. The second-order valence-electron chi connectivity index (χ2n) is 11.6. The molecule has 284 valence electrons. The summed E-state index contributed by atoms with van der Waals surface area (Å²) in [5.41, 5.74) is 0.862. The third-order valence-corrected chi connectivity index (χ3v) is 8.00. The first-order valence-corrected chi connectivity index (χ1v) is 15.7. The summed E-state index contributed by atoms with van der Waals surface area (Å²) < 4.78 is 42.7. The van der Waals surface area contributed by atoms with Gasteiger partial charge in [0.15, 0.2) is 35.4 Å². The molecule has 52 heavy (non-hydrogen) atoms. The Bertz CT molecular complexity index is 1630. The number of benzene rings is 2. The van der Waals surface area contributed by atoms with Crippen LogP contribution < -0.4 is 9.47 Å². The Kier molecular flexibility index (Phi) is 13.6. The van der Waals surface area contributed by atoms with Crippen LogP contribution in [0.1, 0.15) is 18.1 Å². The second kappa shape index (κ2) is 17.6. The first-order chi connectivity index (χ1) is 24.7. The van der Waals surface area contributed by atoms with E-state index in [9.17, 15) is 50.1 Å². The van der Waals surface area contributed by atoms with E-state index in [1.165, 1.54) is 62.8 Å². The molecular formula is C34H40O18. The van der Waals surface area contributed by atoms with Crippen LogP contribution in [0.15, 0.2) is 48.6 Å². The lowest BCUT2D eigenvalue weighted by Crippen LogP contribution is -2.63. The zero-order valence-electron chi connectivity index (χ0n) is 28.1. The molecule has 2 aromatic rings. The van der Waals surface area contributed by atoms with Gasteiger partial charge in [-0.2, -0.15) is 0 Å². The fourth-order valence-corrected chi connectivity index (χ4v) is 5.25. The van der Waals surface area contributed by atoms with Gasteiger partial charge >= 0.3 is 17.9 Å². The van der Waals surface area contributed by atoms with Gasteiger partial charge in [-0.1, -0.05) is 12.1 Å². The summed E-state index contributed by atoms with van der Waals surface area (Å²) in [5, 5.41) is 73.1. The fourth-order valence-electron chi connectivity index (χ4n) is 5.25. The van der Waals surface area contributed by atoms with E-state index in [4.69, 9.17) is 37.9 Å². The molecule has 0 aliphatic carbocycles. The van der Waals surface area contributed by atoms with Crippen molar-refractivity contribution in [1.29, 1.82) is 0 Å². The van der Waals surface area contributed by atoms with Crippen LogP contribution in [0.25, 0.3) is 12.2 Å². The van der Waals surface area contributed by atoms with Gasteiger partial charge in [0.25, 0.3) is 0 Å². The van der Waals surface area contributed by atoms with E-state index < -0.39 is 92.5 Å². The second-order valence-corrected chi connectivity index (χ2v) is 11.6. The van der Waals surface area contributed by atoms with Crippen LogP contribution in [-0.2, 0) is 42.8 Å². The fraction of sp³-hybridized carbons (Fsp3) is 0.441. The van der Waals surface area contributed by atoms with Gasteiger partial charge in [0.2, 0.25) is 5.79 Å². The van der Waals surface area contributed by atoms with Gasteiger partial charge in [-0.25, -0.2) is 9.59 Å². The lowest BCUT2D eigenvalue weighted by molar-refractivity contribution is -0.383. The van der Waals surface area contributed by atoms with E-state index in [0.717, 1.165) is 19.1 Å². The molecule has 0 spiro atoms. The molecule has 2 saturated heterocycles. The smallest absolute Gasteiger partial charge is 0.331 e. The standard InChI is InChI=1S/C34H40O18/c1-17(36)47-14-24-28(41)30(43)31(44)33(49-24)52-34(16-35)32(50-27(40)11-7-19-5-9-21(38)23(13-19)46-3)29(42)25(51-34)15-48-26(39)10-6-18-4-8-20(37)22(12-18)45-2/h4-13,24-25,28-33,35,37-38,41-44H,14-16H2,1-3H3/b10-6-,11-7-/t24-,25-,28-,29-,30+,31-,32+,33-,34+/m1/s1. The van der Waals surface area contributed by atoms with Crippen LogP contribution in [0.2, 0.25) is 0 Å². The molecule has 4 rings (SSSR count). The Labute approximate surface area is 296 Å². The summed E-state index contributed by atoms with van der Waals surface area (Å²) in [7, 11) is 2.68. The molecule has 2 aliphatic rings. The van der Waals surface area contributed by atoms with Crippen LogP contribution in [-0.4, -0.2) is 142 Å². The third kappa shape index (κ3) is 9.55. The molecule has 0 aromatic heterocycles. The van der Waals surface area contributed by atoms with Crippen LogP contribution in [0.4, 0.5) is 0 Å². The minimum Gasteiger partial charge on any atom is -0.504 e. The van der Waals surface area contributed by atoms with E-state index in [2.05, 4.69) is 0 Å². The van der Waals surface area contributed by atoms with Crippen LogP contribution >= 0.6 is 0 Å². The summed E-state index contributed by atoms with van der Waals surface area (Å²) in [6, 6.07) is 8.50. The van der Waals surface area contributed by atoms with Crippen molar-refractivity contribution in [3.8, 4) is 23.0 Å². The highest BCUT2D eigenvalue weighted by atomic mass is 16.8. The van der Waals surface area contributed by atoms with Crippen LogP contribution in [0.5, 0.6) is 23.0 Å². The van der Waals surface area contributed by atoms with Crippen molar-refractivity contribution in [1.82, 2.24) is 0 Å². The molecule has 9 atom stereocenters. The lowest BCUT2D eigenvalue weighted by atomic mass is 9.99. The van der Waals surface area contributed by atoms with Gasteiger partial charge in [0, 0.05) is 19.1 Å².